The molecular weight excluding hydrogens is 234 g/mol. The number of rotatable bonds is 6. The molecule has 1 saturated heterocycles. The Morgan fingerprint density at radius 2 is 1.84 bits per heavy atom. The highest BCUT2D eigenvalue weighted by Gasteiger charge is 2.35. The van der Waals surface area contributed by atoms with E-state index in [0.29, 0.717) is 12.1 Å². The minimum absolute atomic E-state index is 0.121. The van der Waals surface area contributed by atoms with Crippen LogP contribution in [0.25, 0.3) is 0 Å². The Hall–Kier alpha value is -0.0800. The van der Waals surface area contributed by atoms with Crippen LogP contribution in [0.3, 0.4) is 0 Å². The van der Waals surface area contributed by atoms with Gasteiger partial charge in [-0.2, -0.15) is 0 Å². The van der Waals surface area contributed by atoms with Crippen LogP contribution in [0.5, 0.6) is 0 Å². The Morgan fingerprint density at radius 1 is 1.16 bits per heavy atom. The largest absolute Gasteiger partial charge is 0.372 e. The Kier molecular flexibility index (Phi) is 5.30. The van der Waals surface area contributed by atoms with E-state index in [1.54, 1.807) is 0 Å². The minimum Gasteiger partial charge on any atom is -0.372 e. The average molecular weight is 267 g/mol. The van der Waals surface area contributed by atoms with Gasteiger partial charge in [0.1, 0.15) is 0 Å². The first-order valence-electron chi connectivity index (χ1n) is 8.37. The normalized spacial score (nSPS) is 29.2. The van der Waals surface area contributed by atoms with Gasteiger partial charge in [0.05, 0.1) is 11.7 Å². The van der Waals surface area contributed by atoms with E-state index in [4.69, 9.17) is 4.74 Å². The van der Waals surface area contributed by atoms with Gasteiger partial charge in [-0.3, -0.25) is 0 Å². The fourth-order valence-electron chi connectivity index (χ4n) is 3.84. The van der Waals surface area contributed by atoms with Crippen LogP contribution >= 0.6 is 0 Å². The third-order valence-electron chi connectivity index (χ3n) is 4.97. The van der Waals surface area contributed by atoms with Crippen molar-refractivity contribution < 1.29 is 4.74 Å². The van der Waals surface area contributed by atoms with Gasteiger partial charge in [-0.05, 0) is 51.5 Å². The smallest absolute Gasteiger partial charge is 0.0631 e. The summed E-state index contributed by atoms with van der Waals surface area (Å²) in [4.78, 5) is 0. The lowest BCUT2D eigenvalue weighted by Gasteiger charge is -2.28. The van der Waals surface area contributed by atoms with Gasteiger partial charge in [0.2, 0.25) is 0 Å². The topological polar surface area (TPSA) is 21.3 Å². The Labute approximate surface area is 119 Å². The molecule has 0 aromatic heterocycles. The molecule has 0 bridgehead atoms. The minimum atomic E-state index is 0.121. The molecule has 1 aliphatic heterocycles. The van der Waals surface area contributed by atoms with Gasteiger partial charge < -0.3 is 10.1 Å². The van der Waals surface area contributed by atoms with Gasteiger partial charge in [0, 0.05) is 6.04 Å². The monoisotopic (exact) mass is 267 g/mol. The molecule has 0 aromatic carbocycles. The zero-order valence-electron chi connectivity index (χ0n) is 13.4. The molecule has 2 fully saturated rings. The lowest BCUT2D eigenvalue weighted by atomic mass is 9.85. The van der Waals surface area contributed by atoms with E-state index in [0.717, 1.165) is 11.8 Å². The standard InChI is InChI=1S/C17H33NO/c1-13(2)18-12-15(14-7-5-6-8-14)11-16-9-10-17(3,4)19-16/h13-16,18H,5-12H2,1-4H3. The first-order valence-corrected chi connectivity index (χ1v) is 8.37. The van der Waals surface area contributed by atoms with Crippen molar-refractivity contribution in [1.82, 2.24) is 5.32 Å². The molecule has 1 heterocycles. The first kappa shape index (κ1) is 15.3. The SMILES string of the molecule is CC(C)NCC(CC1CCC(C)(C)O1)C1CCCC1. The highest BCUT2D eigenvalue weighted by Crippen LogP contribution is 2.38. The predicted molar refractivity (Wildman–Crippen MR) is 81.4 cm³/mol. The zero-order valence-corrected chi connectivity index (χ0v) is 13.4. The van der Waals surface area contributed by atoms with E-state index >= 15 is 0 Å². The van der Waals surface area contributed by atoms with Gasteiger partial charge in [-0.15, -0.1) is 0 Å². The molecular formula is C17H33NO. The molecule has 0 radical (unpaired) electrons. The summed E-state index contributed by atoms with van der Waals surface area (Å²) in [7, 11) is 0. The van der Waals surface area contributed by atoms with Crippen LogP contribution in [0.1, 0.15) is 72.6 Å². The molecule has 0 spiro atoms. The summed E-state index contributed by atoms with van der Waals surface area (Å²) < 4.78 is 6.22. The van der Waals surface area contributed by atoms with Crippen molar-refractivity contribution >= 4 is 0 Å². The van der Waals surface area contributed by atoms with E-state index in [-0.39, 0.29) is 5.60 Å². The summed E-state index contributed by atoms with van der Waals surface area (Å²) in [5, 5.41) is 3.66. The van der Waals surface area contributed by atoms with E-state index in [2.05, 4.69) is 33.0 Å². The Balaban J connectivity index is 1.86. The van der Waals surface area contributed by atoms with Crippen LogP contribution in [-0.2, 0) is 4.74 Å². The summed E-state index contributed by atoms with van der Waals surface area (Å²) in [5.74, 6) is 1.77. The maximum absolute atomic E-state index is 6.22. The number of ether oxygens (including phenoxy) is 1. The summed E-state index contributed by atoms with van der Waals surface area (Å²) in [5.41, 5.74) is 0.121. The highest BCUT2D eigenvalue weighted by molar-refractivity contribution is 4.86. The van der Waals surface area contributed by atoms with Crippen molar-refractivity contribution in [2.24, 2.45) is 11.8 Å². The summed E-state index contributed by atoms with van der Waals surface area (Å²) >= 11 is 0. The maximum Gasteiger partial charge on any atom is 0.0631 e. The molecule has 0 amide bonds. The van der Waals surface area contributed by atoms with Gasteiger partial charge in [-0.25, -0.2) is 0 Å². The van der Waals surface area contributed by atoms with Gasteiger partial charge in [0.25, 0.3) is 0 Å². The second-order valence-electron chi connectivity index (χ2n) is 7.64. The van der Waals surface area contributed by atoms with E-state index in [1.165, 1.54) is 51.5 Å². The van der Waals surface area contributed by atoms with Crippen molar-refractivity contribution in [1.29, 1.82) is 0 Å². The molecule has 2 nitrogen and oxygen atoms in total. The van der Waals surface area contributed by atoms with E-state index in [1.807, 2.05) is 0 Å². The van der Waals surface area contributed by atoms with E-state index < -0.39 is 0 Å². The van der Waals surface area contributed by atoms with Gasteiger partial charge in [-0.1, -0.05) is 39.5 Å². The van der Waals surface area contributed by atoms with Crippen LogP contribution in [0, 0.1) is 11.8 Å². The third-order valence-corrected chi connectivity index (χ3v) is 4.97. The van der Waals surface area contributed by atoms with E-state index in [9.17, 15) is 0 Å². The van der Waals surface area contributed by atoms with Crippen LogP contribution in [0.2, 0.25) is 0 Å². The number of hydrogen-bond donors (Lipinski definition) is 1. The van der Waals surface area contributed by atoms with Gasteiger partial charge in [0.15, 0.2) is 0 Å². The average Bonchev–Trinajstić information content (AvgIpc) is 2.93. The third kappa shape index (κ3) is 4.75. The van der Waals surface area contributed by atoms with Crippen LogP contribution in [0.15, 0.2) is 0 Å². The molecule has 1 N–H and O–H groups in total. The van der Waals surface area contributed by atoms with Crippen LogP contribution in [-0.4, -0.2) is 24.3 Å². The second-order valence-corrected chi connectivity index (χ2v) is 7.64. The molecule has 19 heavy (non-hydrogen) atoms. The fourth-order valence-corrected chi connectivity index (χ4v) is 3.84. The van der Waals surface area contributed by atoms with Crippen molar-refractivity contribution in [3.63, 3.8) is 0 Å². The molecule has 2 rings (SSSR count). The molecule has 1 aliphatic carbocycles. The van der Waals surface area contributed by atoms with Crippen molar-refractivity contribution in [2.45, 2.75) is 90.4 Å². The predicted octanol–water partition coefficient (Wildman–Crippen LogP) is 4.14. The van der Waals surface area contributed by atoms with Crippen molar-refractivity contribution in [3.8, 4) is 0 Å². The molecule has 112 valence electrons. The Morgan fingerprint density at radius 3 is 2.37 bits per heavy atom. The lowest BCUT2D eigenvalue weighted by molar-refractivity contribution is -0.0279. The summed E-state index contributed by atoms with van der Waals surface area (Å²) in [6.45, 7) is 10.2. The number of nitrogens with one attached hydrogen (secondary N) is 1. The maximum atomic E-state index is 6.22. The molecule has 2 unspecified atom stereocenters. The summed E-state index contributed by atoms with van der Waals surface area (Å²) in [6, 6.07) is 0.602. The molecule has 2 aliphatic rings. The Bertz CT molecular complexity index is 268. The van der Waals surface area contributed by atoms with Crippen LogP contribution in [0.4, 0.5) is 0 Å². The summed E-state index contributed by atoms with van der Waals surface area (Å²) in [6.07, 6.45) is 10.0. The molecule has 2 heteroatoms. The van der Waals surface area contributed by atoms with Crippen molar-refractivity contribution in [2.75, 3.05) is 6.54 Å². The highest BCUT2D eigenvalue weighted by atomic mass is 16.5. The molecule has 2 atom stereocenters. The fraction of sp³-hybridized carbons (Fsp3) is 1.00. The zero-order chi connectivity index (χ0) is 13.9. The molecule has 1 saturated carbocycles. The quantitative estimate of drug-likeness (QED) is 0.781. The first-order chi connectivity index (χ1) is 8.96. The van der Waals surface area contributed by atoms with Crippen molar-refractivity contribution in [3.05, 3.63) is 0 Å². The second kappa shape index (κ2) is 6.58. The van der Waals surface area contributed by atoms with Gasteiger partial charge >= 0.3 is 0 Å². The molecule has 0 aromatic rings. The lowest BCUT2D eigenvalue weighted by Crippen LogP contribution is -2.34. The number of hydrogen-bond acceptors (Lipinski definition) is 2. The van der Waals surface area contributed by atoms with Crippen LogP contribution < -0.4 is 5.32 Å².